The molecule has 1 aliphatic heterocycles. The Labute approximate surface area is 184 Å². The molecule has 2 N–H and O–H groups in total. The van der Waals surface area contributed by atoms with Gasteiger partial charge < -0.3 is 5.73 Å². The number of amides is 1. The minimum atomic E-state index is -0.735. The summed E-state index contributed by atoms with van der Waals surface area (Å²) in [6, 6.07) is 11.5. The van der Waals surface area contributed by atoms with E-state index in [-0.39, 0.29) is 23.4 Å². The van der Waals surface area contributed by atoms with E-state index in [1.807, 2.05) is 18.2 Å². The van der Waals surface area contributed by atoms with E-state index in [1.54, 1.807) is 5.01 Å². The zero-order chi connectivity index (χ0) is 21.6. The van der Waals surface area contributed by atoms with Gasteiger partial charge in [0, 0.05) is 17.5 Å². The number of hydrogen-bond donors (Lipinski definition) is 1. The molecule has 2 aromatic carbocycles. The molecule has 1 heterocycles. The fourth-order valence-corrected chi connectivity index (χ4v) is 6.60. The van der Waals surface area contributed by atoms with Crippen molar-refractivity contribution in [3.8, 4) is 0 Å². The third kappa shape index (κ3) is 3.57. The predicted octanol–water partition coefficient (Wildman–Crippen LogP) is 4.91. The first-order valence-electron chi connectivity index (χ1n) is 10.9. The highest BCUT2D eigenvalue weighted by atomic mass is 32.2. The maximum Gasteiger partial charge on any atom is 0.247 e. The van der Waals surface area contributed by atoms with Crippen molar-refractivity contribution in [3.05, 3.63) is 70.8 Å². The summed E-state index contributed by atoms with van der Waals surface area (Å²) < 4.78 is 28.6. The van der Waals surface area contributed by atoms with E-state index in [2.05, 4.69) is 11.2 Å². The van der Waals surface area contributed by atoms with Crippen LogP contribution in [-0.4, -0.2) is 22.0 Å². The molecule has 1 unspecified atom stereocenters. The van der Waals surface area contributed by atoms with Gasteiger partial charge in [-0.1, -0.05) is 42.4 Å². The Balaban J connectivity index is 1.61. The van der Waals surface area contributed by atoms with Gasteiger partial charge in [0.25, 0.3) is 0 Å². The second kappa shape index (κ2) is 8.02. The molecule has 31 heavy (non-hydrogen) atoms. The first-order chi connectivity index (χ1) is 15.0. The van der Waals surface area contributed by atoms with Crippen molar-refractivity contribution in [3.63, 3.8) is 0 Å². The highest BCUT2D eigenvalue weighted by molar-refractivity contribution is 8.15. The van der Waals surface area contributed by atoms with E-state index in [4.69, 9.17) is 5.73 Å². The third-order valence-electron chi connectivity index (χ3n) is 6.63. The Bertz CT molecular complexity index is 1060. The number of carbonyl (C=O) groups excluding carboxylic acids is 1. The lowest BCUT2D eigenvalue weighted by Gasteiger charge is -2.41. The quantitative estimate of drug-likeness (QED) is 0.721. The molecule has 1 saturated carbocycles. The minimum absolute atomic E-state index is 0.0108. The van der Waals surface area contributed by atoms with Crippen LogP contribution in [0.2, 0.25) is 0 Å². The monoisotopic (exact) mass is 441 g/mol. The molecule has 3 aliphatic rings. The van der Waals surface area contributed by atoms with E-state index < -0.39 is 16.5 Å². The molecule has 7 heteroatoms. The van der Waals surface area contributed by atoms with Crippen LogP contribution >= 0.6 is 11.8 Å². The van der Waals surface area contributed by atoms with Crippen LogP contribution < -0.4 is 5.73 Å². The molecule has 162 valence electrons. The van der Waals surface area contributed by atoms with E-state index >= 15 is 0 Å². The highest BCUT2D eigenvalue weighted by Crippen LogP contribution is 2.54. The summed E-state index contributed by atoms with van der Waals surface area (Å²) in [5, 5.41) is 6.58. The molecule has 1 fully saturated rings. The van der Waals surface area contributed by atoms with Crippen molar-refractivity contribution in [1.82, 2.24) is 5.01 Å². The second-order valence-electron chi connectivity index (χ2n) is 8.70. The van der Waals surface area contributed by atoms with Gasteiger partial charge in [0.15, 0.2) is 0 Å². The molecular weight excluding hydrogens is 416 g/mol. The minimum Gasteiger partial charge on any atom is -0.328 e. The van der Waals surface area contributed by atoms with Gasteiger partial charge in [-0.05, 0) is 67.9 Å². The molecule has 0 saturated heterocycles. The second-order valence-corrected chi connectivity index (χ2v) is 9.97. The van der Waals surface area contributed by atoms with Crippen LogP contribution in [-0.2, 0) is 16.1 Å². The van der Waals surface area contributed by atoms with Crippen LogP contribution in [0.4, 0.5) is 8.78 Å². The standard InChI is InChI=1S/C24H25F2N3OS/c25-17-10-11-21(26)19(14-17)22-28-29(23(30)16-6-3-8-18(27)13-16)24(31-22)12-4-7-15-5-1-2-9-20(15)24/h1-2,5,9-11,14,16,18H,3-4,6-8,12-13,27H2/t16-,18+,24?/m1/s1. The lowest BCUT2D eigenvalue weighted by molar-refractivity contribution is -0.140. The number of benzene rings is 2. The first-order valence-corrected chi connectivity index (χ1v) is 11.7. The normalized spacial score (nSPS) is 27.8. The van der Waals surface area contributed by atoms with Gasteiger partial charge in [0.2, 0.25) is 5.91 Å². The van der Waals surface area contributed by atoms with E-state index in [0.29, 0.717) is 17.9 Å². The van der Waals surface area contributed by atoms with Gasteiger partial charge in [0.1, 0.15) is 21.5 Å². The Morgan fingerprint density at radius 3 is 2.84 bits per heavy atom. The maximum absolute atomic E-state index is 14.6. The summed E-state index contributed by atoms with van der Waals surface area (Å²) in [6.07, 6.45) is 5.79. The number of hydrazone groups is 1. The smallest absolute Gasteiger partial charge is 0.247 e. The average Bonchev–Trinajstić information content (AvgIpc) is 3.15. The molecule has 1 amide bonds. The SMILES string of the molecule is N[C@H]1CCC[C@@H](C(=O)N2N=C(c3cc(F)ccc3F)SC23CCCc2ccccc23)C1. The van der Waals surface area contributed by atoms with Gasteiger partial charge in [0.05, 0.1) is 0 Å². The van der Waals surface area contributed by atoms with Crippen molar-refractivity contribution < 1.29 is 13.6 Å². The maximum atomic E-state index is 14.6. The Kier molecular flexibility index (Phi) is 5.34. The molecule has 4 nitrogen and oxygen atoms in total. The van der Waals surface area contributed by atoms with Gasteiger partial charge in [-0.25, -0.2) is 13.8 Å². The Hall–Kier alpha value is -2.25. The zero-order valence-corrected chi connectivity index (χ0v) is 18.0. The lowest BCUT2D eigenvalue weighted by atomic mass is 9.83. The summed E-state index contributed by atoms with van der Waals surface area (Å²) in [7, 11) is 0. The molecule has 3 atom stereocenters. The number of nitrogens with two attached hydrogens (primary N) is 1. The van der Waals surface area contributed by atoms with Crippen molar-refractivity contribution in [2.24, 2.45) is 16.8 Å². The number of carbonyl (C=O) groups is 1. The predicted molar refractivity (Wildman–Crippen MR) is 118 cm³/mol. The van der Waals surface area contributed by atoms with Gasteiger partial charge in [-0.2, -0.15) is 5.10 Å². The summed E-state index contributed by atoms with van der Waals surface area (Å²) in [5.41, 5.74) is 8.47. The van der Waals surface area contributed by atoms with Crippen molar-refractivity contribution in [1.29, 1.82) is 0 Å². The van der Waals surface area contributed by atoms with Crippen LogP contribution in [0.5, 0.6) is 0 Å². The molecule has 1 spiro atoms. The van der Waals surface area contributed by atoms with Crippen LogP contribution in [0.1, 0.15) is 55.2 Å². The highest BCUT2D eigenvalue weighted by Gasteiger charge is 2.52. The van der Waals surface area contributed by atoms with E-state index in [1.165, 1.54) is 17.3 Å². The topological polar surface area (TPSA) is 58.7 Å². The van der Waals surface area contributed by atoms with Crippen molar-refractivity contribution >= 4 is 22.7 Å². The summed E-state index contributed by atoms with van der Waals surface area (Å²) in [4.78, 5) is 13.0. The van der Waals surface area contributed by atoms with Crippen molar-refractivity contribution in [2.45, 2.75) is 55.9 Å². The molecule has 0 radical (unpaired) electrons. The number of halogens is 2. The van der Waals surface area contributed by atoms with Gasteiger partial charge in [-0.15, -0.1) is 0 Å². The van der Waals surface area contributed by atoms with Crippen LogP contribution in [0.25, 0.3) is 0 Å². The fraction of sp³-hybridized carbons (Fsp3) is 0.417. The number of hydrogen-bond acceptors (Lipinski definition) is 4. The molecule has 0 bridgehead atoms. The van der Waals surface area contributed by atoms with Gasteiger partial charge in [-0.3, -0.25) is 4.79 Å². The lowest BCUT2D eigenvalue weighted by Crippen LogP contribution is -2.47. The summed E-state index contributed by atoms with van der Waals surface area (Å²) in [5.74, 6) is -1.33. The average molecular weight is 442 g/mol. The number of thioether (sulfide) groups is 1. The molecule has 5 rings (SSSR count). The molecular formula is C24H25F2N3OS. The summed E-state index contributed by atoms with van der Waals surface area (Å²) in [6.45, 7) is 0. The Morgan fingerprint density at radius 1 is 1.16 bits per heavy atom. The third-order valence-corrected chi connectivity index (χ3v) is 8.06. The molecule has 0 aromatic heterocycles. The number of rotatable bonds is 2. The molecule has 2 aliphatic carbocycles. The largest absolute Gasteiger partial charge is 0.328 e. The van der Waals surface area contributed by atoms with Crippen molar-refractivity contribution in [2.75, 3.05) is 0 Å². The zero-order valence-electron chi connectivity index (χ0n) is 17.2. The number of aryl methyl sites for hydroxylation is 1. The van der Waals surface area contributed by atoms with Crippen LogP contribution in [0.3, 0.4) is 0 Å². The Morgan fingerprint density at radius 2 is 2.00 bits per heavy atom. The van der Waals surface area contributed by atoms with Gasteiger partial charge >= 0.3 is 0 Å². The molecule has 2 aromatic rings. The van der Waals surface area contributed by atoms with E-state index in [9.17, 15) is 13.6 Å². The van der Waals surface area contributed by atoms with Crippen LogP contribution in [0, 0.1) is 17.6 Å². The summed E-state index contributed by atoms with van der Waals surface area (Å²) >= 11 is 1.37. The number of nitrogens with zero attached hydrogens (tertiary/aromatic N) is 2. The number of fused-ring (bicyclic) bond motifs is 2. The fourth-order valence-electron chi connectivity index (χ4n) is 5.12. The van der Waals surface area contributed by atoms with Crippen LogP contribution in [0.15, 0.2) is 47.6 Å². The van der Waals surface area contributed by atoms with E-state index in [0.717, 1.165) is 55.9 Å². The first kappa shape index (κ1) is 20.6.